The summed E-state index contributed by atoms with van der Waals surface area (Å²) >= 11 is 3.59. The molecule has 0 unspecified atom stereocenters. The van der Waals surface area contributed by atoms with Gasteiger partial charge in [0.25, 0.3) is 0 Å². The van der Waals surface area contributed by atoms with Crippen LogP contribution in [0, 0.1) is 0 Å². The number of benzene rings is 1. The molecule has 0 aliphatic carbocycles. The van der Waals surface area contributed by atoms with E-state index in [1.807, 2.05) is 18.3 Å². The van der Waals surface area contributed by atoms with Crippen molar-refractivity contribution in [1.29, 1.82) is 0 Å². The molecule has 106 valence electrons. The Labute approximate surface area is 129 Å². The lowest BCUT2D eigenvalue weighted by Gasteiger charge is -2.20. The van der Waals surface area contributed by atoms with Gasteiger partial charge in [-0.05, 0) is 24.1 Å². The fourth-order valence-corrected chi connectivity index (χ4v) is 2.39. The molecular weight excluding hydrogens is 314 g/mol. The van der Waals surface area contributed by atoms with Gasteiger partial charge >= 0.3 is 0 Å². The number of anilines is 2. The van der Waals surface area contributed by atoms with E-state index >= 15 is 0 Å². The molecule has 0 bridgehead atoms. The normalized spacial score (nSPS) is 10.3. The Hall–Kier alpha value is -1.55. The van der Waals surface area contributed by atoms with Crippen LogP contribution < -0.4 is 10.2 Å². The molecule has 0 spiro atoms. The first-order valence-electron chi connectivity index (χ1n) is 6.85. The maximum absolute atomic E-state index is 4.34. The van der Waals surface area contributed by atoms with Crippen LogP contribution in [0.3, 0.4) is 0 Å². The highest BCUT2D eigenvalue weighted by molar-refractivity contribution is 9.10. The van der Waals surface area contributed by atoms with Crippen molar-refractivity contribution in [1.82, 2.24) is 4.98 Å². The average Bonchev–Trinajstić information content (AvgIpc) is 2.48. The van der Waals surface area contributed by atoms with Crippen molar-refractivity contribution in [2.24, 2.45) is 0 Å². The van der Waals surface area contributed by atoms with Crippen LogP contribution >= 0.6 is 15.9 Å². The topological polar surface area (TPSA) is 28.2 Å². The summed E-state index contributed by atoms with van der Waals surface area (Å²) in [4.78, 5) is 6.56. The van der Waals surface area contributed by atoms with Crippen LogP contribution in [-0.4, -0.2) is 18.6 Å². The third kappa shape index (κ3) is 3.97. The molecule has 4 heteroatoms. The summed E-state index contributed by atoms with van der Waals surface area (Å²) in [5.41, 5.74) is 2.43. The molecule has 0 saturated heterocycles. The van der Waals surface area contributed by atoms with Crippen LogP contribution in [0.25, 0.3) is 0 Å². The van der Waals surface area contributed by atoms with Crippen LogP contribution in [0.2, 0.25) is 0 Å². The van der Waals surface area contributed by atoms with Crippen molar-refractivity contribution in [2.75, 3.05) is 23.8 Å². The van der Waals surface area contributed by atoms with Gasteiger partial charge in [0.2, 0.25) is 0 Å². The number of halogens is 1. The van der Waals surface area contributed by atoms with Gasteiger partial charge in [0.1, 0.15) is 5.82 Å². The van der Waals surface area contributed by atoms with Crippen LogP contribution in [0.4, 0.5) is 11.5 Å². The Morgan fingerprint density at radius 3 is 2.80 bits per heavy atom. The summed E-state index contributed by atoms with van der Waals surface area (Å²) in [6.45, 7) is 3.96. The molecule has 0 saturated carbocycles. The zero-order chi connectivity index (χ0) is 14.4. The van der Waals surface area contributed by atoms with E-state index in [9.17, 15) is 0 Å². The highest BCUT2D eigenvalue weighted by Gasteiger charge is 2.06. The molecule has 0 amide bonds. The van der Waals surface area contributed by atoms with E-state index in [0.29, 0.717) is 0 Å². The van der Waals surface area contributed by atoms with E-state index in [-0.39, 0.29) is 0 Å². The van der Waals surface area contributed by atoms with Crippen LogP contribution in [0.5, 0.6) is 0 Å². The van der Waals surface area contributed by atoms with Crippen molar-refractivity contribution < 1.29 is 0 Å². The predicted molar refractivity (Wildman–Crippen MR) is 89.3 cm³/mol. The Morgan fingerprint density at radius 2 is 2.05 bits per heavy atom. The second-order valence-corrected chi connectivity index (χ2v) is 5.63. The largest absolute Gasteiger partial charge is 0.370 e. The minimum atomic E-state index is 0.860. The first-order valence-corrected chi connectivity index (χ1v) is 7.64. The van der Waals surface area contributed by atoms with E-state index < -0.39 is 0 Å². The van der Waals surface area contributed by atoms with E-state index in [0.717, 1.165) is 35.5 Å². The van der Waals surface area contributed by atoms with E-state index in [2.05, 4.69) is 69.4 Å². The number of hydrogen-bond acceptors (Lipinski definition) is 3. The van der Waals surface area contributed by atoms with Gasteiger partial charge in [0.15, 0.2) is 0 Å². The fourth-order valence-electron chi connectivity index (χ4n) is 1.98. The van der Waals surface area contributed by atoms with E-state index in [1.165, 1.54) is 5.56 Å². The van der Waals surface area contributed by atoms with Gasteiger partial charge in [0.05, 0.1) is 0 Å². The van der Waals surface area contributed by atoms with Gasteiger partial charge in [-0.25, -0.2) is 4.98 Å². The number of nitrogens with one attached hydrogen (secondary N) is 1. The third-order valence-electron chi connectivity index (χ3n) is 3.11. The monoisotopic (exact) mass is 333 g/mol. The van der Waals surface area contributed by atoms with Crippen molar-refractivity contribution in [3.05, 3.63) is 52.6 Å². The van der Waals surface area contributed by atoms with Gasteiger partial charge in [-0.1, -0.05) is 41.1 Å². The molecule has 1 aromatic carbocycles. The van der Waals surface area contributed by atoms with Crippen molar-refractivity contribution in [3.8, 4) is 0 Å². The molecule has 0 radical (unpaired) electrons. The summed E-state index contributed by atoms with van der Waals surface area (Å²) in [5, 5.41) is 3.32. The van der Waals surface area contributed by atoms with Crippen molar-refractivity contribution in [3.63, 3.8) is 0 Å². The molecular formula is C16H20BrN3. The van der Waals surface area contributed by atoms with E-state index in [1.54, 1.807) is 0 Å². The summed E-state index contributed by atoms with van der Waals surface area (Å²) in [6.07, 6.45) is 2.95. The smallest absolute Gasteiger partial charge is 0.127 e. The summed E-state index contributed by atoms with van der Waals surface area (Å²) in [6, 6.07) is 12.4. The van der Waals surface area contributed by atoms with Gasteiger partial charge in [-0.15, -0.1) is 0 Å². The molecule has 20 heavy (non-hydrogen) atoms. The molecule has 2 aromatic rings. The van der Waals surface area contributed by atoms with Gasteiger partial charge in [-0.2, -0.15) is 0 Å². The lowest BCUT2D eigenvalue weighted by Crippen LogP contribution is -2.17. The first kappa shape index (κ1) is 14.9. The van der Waals surface area contributed by atoms with E-state index in [4.69, 9.17) is 0 Å². The number of nitrogens with zero attached hydrogens (tertiary/aromatic N) is 2. The minimum absolute atomic E-state index is 0.860. The summed E-state index contributed by atoms with van der Waals surface area (Å²) in [7, 11) is 2.10. The standard InChI is InChI=1S/C16H20BrN3/c1-3-9-18-16-11-14(8-10-19-16)20(2)12-13-6-4-5-7-15(13)17/h4-8,10-11H,3,9,12H2,1-2H3,(H,18,19). The zero-order valence-electron chi connectivity index (χ0n) is 11.9. The maximum atomic E-state index is 4.34. The number of rotatable bonds is 6. The summed E-state index contributed by atoms with van der Waals surface area (Å²) < 4.78 is 1.14. The Balaban J connectivity index is 2.09. The fraction of sp³-hybridized carbons (Fsp3) is 0.312. The molecule has 2 rings (SSSR count). The van der Waals surface area contributed by atoms with Gasteiger partial charge < -0.3 is 10.2 Å². The second-order valence-electron chi connectivity index (χ2n) is 4.77. The lowest BCUT2D eigenvalue weighted by atomic mass is 10.2. The second kappa shape index (κ2) is 7.29. The van der Waals surface area contributed by atoms with Crippen LogP contribution in [0.15, 0.2) is 47.1 Å². The molecule has 1 N–H and O–H groups in total. The Bertz CT molecular complexity index is 557. The maximum Gasteiger partial charge on any atom is 0.127 e. The van der Waals surface area contributed by atoms with Crippen LogP contribution in [0.1, 0.15) is 18.9 Å². The quantitative estimate of drug-likeness (QED) is 0.854. The molecule has 1 heterocycles. The highest BCUT2D eigenvalue weighted by Crippen LogP contribution is 2.22. The molecule has 1 aromatic heterocycles. The number of aromatic nitrogens is 1. The molecule has 3 nitrogen and oxygen atoms in total. The van der Waals surface area contributed by atoms with Crippen LogP contribution in [-0.2, 0) is 6.54 Å². The highest BCUT2D eigenvalue weighted by atomic mass is 79.9. The molecule has 0 atom stereocenters. The zero-order valence-corrected chi connectivity index (χ0v) is 13.5. The lowest BCUT2D eigenvalue weighted by molar-refractivity contribution is 0.914. The molecule has 0 fully saturated rings. The number of pyridine rings is 1. The minimum Gasteiger partial charge on any atom is -0.370 e. The SMILES string of the molecule is CCCNc1cc(N(C)Cc2ccccc2Br)ccn1. The van der Waals surface area contributed by atoms with Crippen molar-refractivity contribution in [2.45, 2.75) is 19.9 Å². The first-order chi connectivity index (χ1) is 9.70. The Kier molecular flexibility index (Phi) is 5.41. The van der Waals surface area contributed by atoms with Gasteiger partial charge in [-0.3, -0.25) is 0 Å². The number of hydrogen-bond donors (Lipinski definition) is 1. The molecule has 0 aliphatic rings. The van der Waals surface area contributed by atoms with Crippen molar-refractivity contribution >= 4 is 27.4 Å². The average molecular weight is 334 g/mol. The molecule has 0 aliphatic heterocycles. The predicted octanol–water partition coefficient (Wildman–Crippen LogP) is 4.30. The summed E-state index contributed by atoms with van der Waals surface area (Å²) in [5.74, 6) is 0.934. The Morgan fingerprint density at radius 1 is 1.25 bits per heavy atom. The third-order valence-corrected chi connectivity index (χ3v) is 3.88. The van der Waals surface area contributed by atoms with Gasteiger partial charge in [0, 0.05) is 42.6 Å².